The molecule has 10 nitrogen and oxygen atoms in total. The maximum Gasteiger partial charge on any atom is 0.408 e. The number of aliphatic hydroxyl groups excluding tert-OH is 1. The molecule has 0 bridgehead atoms. The highest BCUT2D eigenvalue weighted by molar-refractivity contribution is 6.01. The standard InChI is InChI=1S/C31H42N4O6/c1-19(2)18-23(32-29(39)41-31(4,5)6)27(37)33-24(26(36)22-16-12-9-13-17-22)28(38)35-25(20(3)34(7)30(35)40)21-14-10-8-11-15-21/h8-17,19-20,23-26,36H,18H2,1-7H3,(H,32,39)(H,33,37)/t20-,23+,24-,25-,26+/m1/s1. The minimum Gasteiger partial charge on any atom is -0.444 e. The molecule has 5 amide bonds. The summed E-state index contributed by atoms with van der Waals surface area (Å²) in [5.74, 6) is -1.43. The molecule has 1 aliphatic heterocycles. The van der Waals surface area contributed by atoms with E-state index in [0.29, 0.717) is 5.56 Å². The number of carbonyl (C=O) groups is 4. The van der Waals surface area contributed by atoms with Crippen molar-refractivity contribution in [3.63, 3.8) is 0 Å². The molecule has 41 heavy (non-hydrogen) atoms. The summed E-state index contributed by atoms with van der Waals surface area (Å²) in [5.41, 5.74) is 0.349. The quantitative estimate of drug-likeness (QED) is 0.418. The van der Waals surface area contributed by atoms with Crippen molar-refractivity contribution < 1.29 is 29.0 Å². The SMILES string of the molecule is CC(C)C[C@H](NC(=O)OC(C)(C)C)C(=O)N[C@@H](C(=O)N1C(=O)N(C)[C@H](C)[C@@H]1c1ccccc1)[C@@H](O)c1ccccc1. The number of rotatable bonds is 9. The van der Waals surface area contributed by atoms with E-state index in [2.05, 4.69) is 10.6 Å². The molecule has 0 unspecified atom stereocenters. The van der Waals surface area contributed by atoms with Crippen molar-refractivity contribution in [2.75, 3.05) is 7.05 Å². The lowest BCUT2D eigenvalue weighted by molar-refractivity contribution is -0.139. The van der Waals surface area contributed by atoms with Gasteiger partial charge in [0.25, 0.3) is 5.91 Å². The first kappa shape index (κ1) is 31.6. The van der Waals surface area contributed by atoms with Gasteiger partial charge in [-0.25, -0.2) is 9.59 Å². The Hall–Kier alpha value is -3.92. The van der Waals surface area contributed by atoms with E-state index in [4.69, 9.17) is 4.74 Å². The maximum atomic E-state index is 14.2. The van der Waals surface area contributed by atoms with Crippen LogP contribution in [-0.4, -0.2) is 69.6 Å². The first-order chi connectivity index (χ1) is 19.2. The Labute approximate surface area is 242 Å². The van der Waals surface area contributed by atoms with Crippen LogP contribution in [0, 0.1) is 5.92 Å². The van der Waals surface area contributed by atoms with Gasteiger partial charge in [0.1, 0.15) is 23.8 Å². The fourth-order valence-corrected chi connectivity index (χ4v) is 4.87. The summed E-state index contributed by atoms with van der Waals surface area (Å²) in [6.45, 7) is 10.8. The molecule has 1 saturated heterocycles. The van der Waals surface area contributed by atoms with Crippen molar-refractivity contribution in [3.8, 4) is 0 Å². The summed E-state index contributed by atoms with van der Waals surface area (Å²) in [4.78, 5) is 56.4. The van der Waals surface area contributed by atoms with Crippen molar-refractivity contribution in [1.29, 1.82) is 0 Å². The van der Waals surface area contributed by atoms with E-state index in [1.54, 1.807) is 58.2 Å². The van der Waals surface area contributed by atoms with Crippen LogP contribution in [0.3, 0.4) is 0 Å². The normalized spacial score (nSPS) is 19.5. The van der Waals surface area contributed by atoms with Crippen LogP contribution in [0.5, 0.6) is 0 Å². The van der Waals surface area contributed by atoms with E-state index in [-0.39, 0.29) is 18.4 Å². The van der Waals surface area contributed by atoms with Gasteiger partial charge in [0.15, 0.2) is 0 Å². The summed E-state index contributed by atoms with van der Waals surface area (Å²) in [6.07, 6.45) is -2.00. The van der Waals surface area contributed by atoms with E-state index in [1.165, 1.54) is 4.90 Å². The number of benzene rings is 2. The van der Waals surface area contributed by atoms with E-state index in [0.717, 1.165) is 10.5 Å². The Morgan fingerprint density at radius 2 is 1.54 bits per heavy atom. The van der Waals surface area contributed by atoms with Gasteiger partial charge >= 0.3 is 12.1 Å². The zero-order valence-corrected chi connectivity index (χ0v) is 24.8. The van der Waals surface area contributed by atoms with Crippen LogP contribution in [0.15, 0.2) is 60.7 Å². The summed E-state index contributed by atoms with van der Waals surface area (Å²) >= 11 is 0. The molecule has 222 valence electrons. The van der Waals surface area contributed by atoms with Gasteiger partial charge in [-0.1, -0.05) is 74.5 Å². The fourth-order valence-electron chi connectivity index (χ4n) is 4.87. The number of hydrogen-bond donors (Lipinski definition) is 3. The van der Waals surface area contributed by atoms with Gasteiger partial charge in [-0.15, -0.1) is 0 Å². The van der Waals surface area contributed by atoms with E-state index in [9.17, 15) is 24.3 Å². The Balaban J connectivity index is 1.99. The highest BCUT2D eigenvalue weighted by Crippen LogP contribution is 2.36. The number of urea groups is 1. The van der Waals surface area contributed by atoms with Crippen molar-refractivity contribution in [3.05, 3.63) is 71.8 Å². The van der Waals surface area contributed by atoms with Crippen LogP contribution in [0.25, 0.3) is 0 Å². The minimum atomic E-state index is -1.52. The number of aliphatic hydroxyl groups is 1. The topological polar surface area (TPSA) is 128 Å². The van der Waals surface area contributed by atoms with Gasteiger partial charge in [-0.3, -0.25) is 14.5 Å². The lowest BCUT2D eigenvalue weighted by Crippen LogP contribution is -2.57. The summed E-state index contributed by atoms with van der Waals surface area (Å²) in [7, 11) is 1.61. The Bertz CT molecular complexity index is 1210. The number of alkyl carbamates (subject to hydrolysis) is 1. The molecule has 0 aromatic heterocycles. The molecule has 0 spiro atoms. The minimum absolute atomic E-state index is 0.00556. The average molecular weight is 567 g/mol. The average Bonchev–Trinajstić information content (AvgIpc) is 3.14. The van der Waals surface area contributed by atoms with Crippen LogP contribution in [0.4, 0.5) is 9.59 Å². The van der Waals surface area contributed by atoms with E-state index < -0.39 is 53.8 Å². The van der Waals surface area contributed by atoms with Crippen LogP contribution in [-0.2, 0) is 14.3 Å². The highest BCUT2D eigenvalue weighted by atomic mass is 16.6. The van der Waals surface area contributed by atoms with Gasteiger partial charge in [-0.2, -0.15) is 0 Å². The van der Waals surface area contributed by atoms with Crippen LogP contribution in [0.2, 0.25) is 0 Å². The lowest BCUT2D eigenvalue weighted by Gasteiger charge is -2.32. The number of imide groups is 1. The summed E-state index contributed by atoms with van der Waals surface area (Å²) in [5, 5.41) is 16.7. The molecule has 0 radical (unpaired) electrons. The third kappa shape index (κ3) is 7.85. The van der Waals surface area contributed by atoms with Gasteiger partial charge in [-0.05, 0) is 51.2 Å². The fraction of sp³-hybridized carbons (Fsp3) is 0.484. The van der Waals surface area contributed by atoms with Gasteiger partial charge in [0.2, 0.25) is 5.91 Å². The molecule has 3 N–H and O–H groups in total. The number of nitrogens with zero attached hydrogens (tertiary/aromatic N) is 2. The smallest absolute Gasteiger partial charge is 0.408 e. The molecular weight excluding hydrogens is 524 g/mol. The first-order valence-electron chi connectivity index (χ1n) is 13.9. The third-order valence-electron chi connectivity index (χ3n) is 6.97. The molecule has 0 aliphatic carbocycles. The molecule has 0 saturated carbocycles. The monoisotopic (exact) mass is 566 g/mol. The predicted molar refractivity (Wildman–Crippen MR) is 155 cm³/mol. The number of nitrogens with one attached hydrogen (secondary N) is 2. The molecule has 1 aliphatic rings. The Morgan fingerprint density at radius 3 is 2.07 bits per heavy atom. The molecule has 10 heteroatoms. The molecule has 3 rings (SSSR count). The second-order valence-electron chi connectivity index (χ2n) is 11.9. The molecular formula is C31H42N4O6. The van der Waals surface area contributed by atoms with Crippen molar-refractivity contribution in [1.82, 2.24) is 20.4 Å². The van der Waals surface area contributed by atoms with Gasteiger partial charge in [0, 0.05) is 7.05 Å². The summed E-state index contributed by atoms with van der Waals surface area (Å²) in [6, 6.07) is 13.5. The van der Waals surface area contributed by atoms with E-state index in [1.807, 2.05) is 51.1 Å². The summed E-state index contributed by atoms with van der Waals surface area (Å²) < 4.78 is 5.35. The zero-order chi connectivity index (χ0) is 30.5. The zero-order valence-electron chi connectivity index (χ0n) is 24.8. The number of ether oxygens (including phenoxy) is 1. The predicted octanol–water partition coefficient (Wildman–Crippen LogP) is 4.17. The Kier molecular flexibility index (Phi) is 10.1. The number of likely N-dealkylation sites (N-methyl/N-ethyl adjacent to an activating group) is 1. The third-order valence-corrected chi connectivity index (χ3v) is 6.97. The number of hydrogen-bond acceptors (Lipinski definition) is 6. The van der Waals surface area contributed by atoms with Crippen molar-refractivity contribution in [2.24, 2.45) is 5.92 Å². The van der Waals surface area contributed by atoms with Crippen molar-refractivity contribution in [2.45, 2.75) is 83.8 Å². The largest absolute Gasteiger partial charge is 0.444 e. The lowest BCUT2D eigenvalue weighted by atomic mass is 9.96. The van der Waals surface area contributed by atoms with Gasteiger partial charge < -0.3 is 25.4 Å². The number of amides is 5. The van der Waals surface area contributed by atoms with Crippen LogP contribution >= 0.6 is 0 Å². The number of carbonyl (C=O) groups excluding carboxylic acids is 4. The second kappa shape index (κ2) is 13.2. The molecule has 1 heterocycles. The van der Waals surface area contributed by atoms with E-state index >= 15 is 0 Å². The second-order valence-corrected chi connectivity index (χ2v) is 11.9. The molecule has 1 fully saturated rings. The molecule has 5 atom stereocenters. The van der Waals surface area contributed by atoms with Crippen LogP contribution in [0.1, 0.15) is 71.2 Å². The van der Waals surface area contributed by atoms with Crippen molar-refractivity contribution >= 4 is 23.9 Å². The maximum absolute atomic E-state index is 14.2. The highest BCUT2D eigenvalue weighted by Gasteiger charge is 2.49. The first-order valence-corrected chi connectivity index (χ1v) is 13.9. The molecule has 2 aromatic rings. The van der Waals surface area contributed by atoms with Gasteiger partial charge in [0.05, 0.1) is 12.1 Å². The molecule has 2 aromatic carbocycles. The van der Waals surface area contributed by atoms with Crippen LogP contribution < -0.4 is 10.6 Å². The Morgan fingerprint density at radius 1 is 0.976 bits per heavy atom.